The van der Waals surface area contributed by atoms with Crippen LogP contribution in [0.4, 0.5) is 22.0 Å². The molecule has 0 heterocycles. The van der Waals surface area contributed by atoms with E-state index in [0.717, 1.165) is 19.1 Å². The molecule has 1 aliphatic carbocycles. The molecule has 276 valence electrons. The van der Waals surface area contributed by atoms with Crippen molar-refractivity contribution < 1.29 is 22.0 Å². The van der Waals surface area contributed by atoms with Crippen molar-refractivity contribution in [2.45, 2.75) is 40.7 Å². The Bertz CT molecular complexity index is 2340. The molecule has 54 heavy (non-hydrogen) atoms. The second-order valence-corrected chi connectivity index (χ2v) is 16.1. The van der Waals surface area contributed by atoms with Crippen molar-refractivity contribution in [3.63, 3.8) is 0 Å². The molecule has 0 N–H and O–H groups in total. The molecule has 0 amide bonds. The Morgan fingerprint density at radius 2 is 0.870 bits per heavy atom. The molecule has 0 saturated heterocycles. The van der Waals surface area contributed by atoms with Gasteiger partial charge in [-0.3, -0.25) is 0 Å². The van der Waals surface area contributed by atoms with Crippen LogP contribution in [0.25, 0.3) is 0 Å². The fourth-order valence-corrected chi connectivity index (χ4v) is 10.4. The molecule has 1 fully saturated rings. The molecule has 0 aliphatic heterocycles. The van der Waals surface area contributed by atoms with Crippen LogP contribution in [0.5, 0.6) is 0 Å². The van der Waals surface area contributed by atoms with Gasteiger partial charge in [0.2, 0.25) is 5.67 Å². The zero-order valence-electron chi connectivity index (χ0n) is 28.0. The standard InChI is InChI=1S/C43H27Cl6F5/c1-38(26-15-17-31(44)18-16-26)39(29-13-8-14-32(45)21-29,30-22-34(47)24-35(48)23-30)40(27-9-4-2-5-10-27,36-20-19-33(46)25-37(36)49)41(50,28-11-6-3-7-12-28)43(53,54)42(38,51)52/h2-25H,1H3. The van der Waals surface area contributed by atoms with Crippen LogP contribution in [0.15, 0.2) is 146 Å². The van der Waals surface area contributed by atoms with Crippen LogP contribution < -0.4 is 0 Å². The molecule has 4 atom stereocenters. The first-order valence-electron chi connectivity index (χ1n) is 16.5. The van der Waals surface area contributed by atoms with E-state index in [-0.39, 0.29) is 58.0 Å². The number of rotatable bonds is 6. The van der Waals surface area contributed by atoms with Crippen molar-refractivity contribution in [2.24, 2.45) is 0 Å². The molecule has 0 bridgehead atoms. The molecule has 6 aromatic rings. The lowest BCUT2D eigenvalue weighted by Gasteiger charge is -2.71. The molecule has 0 nitrogen and oxygen atoms in total. The second kappa shape index (κ2) is 13.7. The minimum Gasteiger partial charge on any atom is -0.230 e. The average Bonchev–Trinajstić information content (AvgIpc) is 3.13. The fraction of sp³-hybridized carbons (Fsp3) is 0.163. The number of benzene rings is 6. The second-order valence-electron chi connectivity index (χ2n) is 13.5. The van der Waals surface area contributed by atoms with Crippen molar-refractivity contribution in [1.29, 1.82) is 0 Å². The van der Waals surface area contributed by atoms with Gasteiger partial charge in [0, 0.05) is 30.1 Å². The highest BCUT2D eigenvalue weighted by Crippen LogP contribution is 2.81. The van der Waals surface area contributed by atoms with Crippen LogP contribution in [-0.2, 0) is 21.9 Å². The maximum Gasteiger partial charge on any atom is 0.349 e. The molecule has 4 unspecified atom stereocenters. The third-order valence-corrected chi connectivity index (χ3v) is 12.4. The first-order valence-corrected chi connectivity index (χ1v) is 18.8. The zero-order chi connectivity index (χ0) is 38.9. The third-order valence-electron chi connectivity index (χ3n) is 11.0. The molecule has 1 aliphatic rings. The van der Waals surface area contributed by atoms with Crippen LogP contribution in [0.1, 0.15) is 40.3 Å². The monoisotopic (exact) mass is 848 g/mol. The zero-order valence-corrected chi connectivity index (χ0v) is 32.5. The van der Waals surface area contributed by atoms with Crippen LogP contribution in [0.3, 0.4) is 0 Å². The summed E-state index contributed by atoms with van der Waals surface area (Å²) in [6.07, 6.45) is 0. The van der Waals surface area contributed by atoms with E-state index in [2.05, 4.69) is 0 Å². The van der Waals surface area contributed by atoms with E-state index in [1.54, 1.807) is 6.07 Å². The van der Waals surface area contributed by atoms with Crippen molar-refractivity contribution >= 4 is 69.6 Å². The van der Waals surface area contributed by atoms with Gasteiger partial charge in [-0.2, -0.15) is 17.6 Å². The molecular formula is C43H27Cl6F5. The van der Waals surface area contributed by atoms with Gasteiger partial charge < -0.3 is 0 Å². The largest absolute Gasteiger partial charge is 0.349 e. The quantitative estimate of drug-likeness (QED) is 0.147. The Morgan fingerprint density at radius 3 is 1.43 bits per heavy atom. The molecule has 0 radical (unpaired) electrons. The van der Waals surface area contributed by atoms with Crippen LogP contribution in [-0.4, -0.2) is 11.8 Å². The highest BCUT2D eigenvalue weighted by molar-refractivity contribution is 6.36. The van der Waals surface area contributed by atoms with Crippen molar-refractivity contribution in [3.05, 3.63) is 209 Å². The van der Waals surface area contributed by atoms with Crippen molar-refractivity contribution in [3.8, 4) is 0 Å². The molecule has 6 aromatic carbocycles. The van der Waals surface area contributed by atoms with Crippen LogP contribution in [0, 0.1) is 0 Å². The Kier molecular flexibility index (Phi) is 9.90. The Hall–Kier alpha value is -3.29. The average molecular weight is 851 g/mol. The summed E-state index contributed by atoms with van der Waals surface area (Å²) >= 11 is 40.2. The summed E-state index contributed by atoms with van der Waals surface area (Å²) in [6, 6.07) is 32.7. The minimum absolute atomic E-state index is 0.0358. The predicted octanol–water partition coefficient (Wildman–Crippen LogP) is 15.0. The Balaban J connectivity index is 1.96. The van der Waals surface area contributed by atoms with Crippen molar-refractivity contribution in [1.82, 2.24) is 0 Å². The molecule has 0 aromatic heterocycles. The lowest BCUT2D eigenvalue weighted by molar-refractivity contribution is -0.357. The van der Waals surface area contributed by atoms with E-state index in [0.29, 0.717) is 0 Å². The van der Waals surface area contributed by atoms with E-state index in [1.165, 1.54) is 127 Å². The maximum atomic E-state index is 20.2. The van der Waals surface area contributed by atoms with Gasteiger partial charge in [-0.1, -0.05) is 161 Å². The molecule has 7 rings (SSSR count). The summed E-state index contributed by atoms with van der Waals surface area (Å²) in [4.78, 5) is 0. The maximum absolute atomic E-state index is 20.2. The van der Waals surface area contributed by atoms with Gasteiger partial charge >= 0.3 is 11.8 Å². The van der Waals surface area contributed by atoms with Gasteiger partial charge in [0.15, 0.2) is 0 Å². The Morgan fingerprint density at radius 1 is 0.370 bits per heavy atom. The van der Waals surface area contributed by atoms with Gasteiger partial charge in [-0.15, -0.1) is 0 Å². The summed E-state index contributed by atoms with van der Waals surface area (Å²) in [6.45, 7) is 1.01. The Labute approximate surface area is 339 Å². The summed E-state index contributed by atoms with van der Waals surface area (Å²) in [5.41, 5.74) is -14.9. The third kappa shape index (κ3) is 5.08. The van der Waals surface area contributed by atoms with Crippen LogP contribution >= 0.6 is 69.6 Å². The van der Waals surface area contributed by atoms with E-state index in [4.69, 9.17) is 69.6 Å². The van der Waals surface area contributed by atoms with E-state index < -0.39 is 39.3 Å². The fourth-order valence-electron chi connectivity index (χ4n) is 8.99. The summed E-state index contributed by atoms with van der Waals surface area (Å²) in [5, 5.41) is -0.0660. The van der Waals surface area contributed by atoms with Crippen molar-refractivity contribution in [2.75, 3.05) is 0 Å². The number of hydrogen-bond acceptors (Lipinski definition) is 0. The number of alkyl halides is 5. The van der Waals surface area contributed by atoms with Crippen LogP contribution in [0.2, 0.25) is 30.1 Å². The number of hydrogen-bond donors (Lipinski definition) is 0. The number of halogens is 11. The van der Waals surface area contributed by atoms with Gasteiger partial charge in [0.25, 0.3) is 0 Å². The smallest absolute Gasteiger partial charge is 0.230 e. The minimum atomic E-state index is -5.53. The predicted molar refractivity (Wildman–Crippen MR) is 210 cm³/mol. The molecule has 11 heteroatoms. The van der Waals surface area contributed by atoms with Gasteiger partial charge in [-0.25, -0.2) is 4.39 Å². The lowest BCUT2D eigenvalue weighted by atomic mass is 9.31. The van der Waals surface area contributed by atoms with E-state index >= 15 is 22.0 Å². The molecule has 0 spiro atoms. The first-order chi connectivity index (χ1) is 25.5. The highest BCUT2D eigenvalue weighted by Gasteiger charge is 2.94. The van der Waals surface area contributed by atoms with Gasteiger partial charge in [0.05, 0.1) is 16.2 Å². The summed E-state index contributed by atoms with van der Waals surface area (Å²) in [7, 11) is 0. The van der Waals surface area contributed by atoms with Gasteiger partial charge in [-0.05, 0) is 94.9 Å². The van der Waals surface area contributed by atoms with E-state index in [1.807, 2.05) is 0 Å². The SMILES string of the molecule is CC1(c2ccc(Cl)cc2)C(F)(F)C(F)(F)C(F)(c2ccccc2)C(c2ccccc2)(c2ccc(Cl)cc2Cl)C1(c1cccc(Cl)c1)c1cc(Cl)cc(Cl)c1. The lowest BCUT2D eigenvalue weighted by Crippen LogP contribution is -2.84. The molecule has 1 saturated carbocycles. The molecular weight excluding hydrogens is 824 g/mol. The van der Waals surface area contributed by atoms with E-state index in [9.17, 15) is 0 Å². The highest BCUT2D eigenvalue weighted by atomic mass is 35.5. The van der Waals surface area contributed by atoms with Gasteiger partial charge in [0.1, 0.15) is 0 Å². The summed E-state index contributed by atoms with van der Waals surface area (Å²) in [5.74, 6) is -10.8. The normalized spacial score (nSPS) is 26.0. The summed E-state index contributed by atoms with van der Waals surface area (Å²) < 4.78 is 94.0. The first kappa shape index (κ1) is 39.0. The topological polar surface area (TPSA) is 0 Å².